The molecule has 0 heterocycles. The number of hydrogen-bond acceptors (Lipinski definition) is 0. The Morgan fingerprint density at radius 1 is 0.133 bits per heavy atom. The van der Waals surface area contributed by atoms with Gasteiger partial charge in [0.25, 0.3) is 0 Å². The van der Waals surface area contributed by atoms with E-state index in [4.69, 9.17) is 0 Å². The lowest BCUT2D eigenvalue weighted by atomic mass is 10.0. The summed E-state index contributed by atoms with van der Waals surface area (Å²) >= 11 is 0. The van der Waals surface area contributed by atoms with Crippen LogP contribution in [-0.2, 0) is 0 Å². The fourth-order valence-corrected chi connectivity index (χ4v) is 9.75. The molecule has 360 valence electrons. The van der Waals surface area contributed by atoms with Gasteiger partial charge in [-0.25, -0.2) is 0 Å². The lowest BCUT2D eigenvalue weighted by Gasteiger charge is -2.05. The predicted molar refractivity (Wildman–Crippen MR) is 279 cm³/mol. The highest BCUT2D eigenvalue weighted by molar-refractivity contribution is 4.81. The first kappa shape index (κ1) is 59.7. The minimum atomic E-state index is 1.32. The van der Waals surface area contributed by atoms with Crippen LogP contribution in [-0.4, -0.2) is 0 Å². The van der Waals surface area contributed by atoms with E-state index in [1.807, 2.05) is 0 Å². The summed E-state index contributed by atoms with van der Waals surface area (Å²) < 4.78 is 0. The molecule has 0 aromatic carbocycles. The van der Waals surface area contributed by atoms with Crippen LogP contribution in [0, 0.1) is 0 Å². The molecule has 0 fully saturated rings. The maximum Gasteiger partial charge on any atom is -0.0351 e. The van der Waals surface area contributed by atoms with Crippen molar-refractivity contribution in [2.24, 2.45) is 0 Å². The first-order chi connectivity index (χ1) is 29.9. The average molecular weight is 842 g/mol. The summed E-state index contributed by atoms with van der Waals surface area (Å²) in [7, 11) is 0. The van der Waals surface area contributed by atoms with Gasteiger partial charge in [-0.3, -0.25) is 0 Å². The van der Waals surface area contributed by atoms with Crippen molar-refractivity contribution >= 4 is 0 Å². The third-order valence-electron chi connectivity index (χ3n) is 14.1. The van der Waals surface area contributed by atoms with Gasteiger partial charge in [0.15, 0.2) is 0 Å². The highest BCUT2D eigenvalue weighted by Crippen LogP contribution is 2.19. The van der Waals surface area contributed by atoms with E-state index in [1.54, 1.807) is 0 Å². The molecule has 0 aliphatic rings. The van der Waals surface area contributed by atoms with Gasteiger partial charge in [0.05, 0.1) is 0 Å². The molecule has 0 bridgehead atoms. The van der Waals surface area contributed by atoms with Crippen LogP contribution >= 0.6 is 0 Å². The summed E-state index contributed by atoms with van der Waals surface area (Å²) in [5, 5.41) is 0. The van der Waals surface area contributed by atoms with Gasteiger partial charge in [0, 0.05) is 0 Å². The standard InChI is InChI=1S/C60H120/c1-3-5-7-9-11-13-15-17-19-21-23-25-27-29-31-33-35-37-39-41-43-45-47-49-51-53-55-57-59-60-58-56-54-52-50-48-46-44-42-40-38-36-34-32-30-28-26-24-22-20-18-16-14-12-10-8-6-4-2/h41,43H,3-40,42,44-60H2,1-2H3. The van der Waals surface area contributed by atoms with Gasteiger partial charge in [-0.05, 0) is 25.7 Å². The van der Waals surface area contributed by atoms with Crippen molar-refractivity contribution in [1.29, 1.82) is 0 Å². The number of allylic oxidation sites excluding steroid dienone is 2. The molecule has 0 amide bonds. The maximum absolute atomic E-state index is 2.48. The number of hydrogen-bond donors (Lipinski definition) is 0. The summed E-state index contributed by atoms with van der Waals surface area (Å²) in [5.41, 5.74) is 0. The third kappa shape index (κ3) is 57.7. The minimum absolute atomic E-state index is 1.32. The van der Waals surface area contributed by atoms with Crippen LogP contribution in [0.1, 0.15) is 373 Å². The van der Waals surface area contributed by atoms with E-state index in [0.29, 0.717) is 0 Å². The zero-order valence-electron chi connectivity index (χ0n) is 42.8. The van der Waals surface area contributed by atoms with E-state index >= 15 is 0 Å². The highest BCUT2D eigenvalue weighted by atomic mass is 14.1. The SMILES string of the molecule is CCCCCCCCCCCCCCCCCCCCC=CCCCCCCCCCCCCCCCCCCCCCCCCCCCCCCCCCCCCCC. The third-order valence-corrected chi connectivity index (χ3v) is 14.1. The largest absolute Gasteiger partial charge is 0.0885 e. The van der Waals surface area contributed by atoms with E-state index < -0.39 is 0 Å². The quantitative estimate of drug-likeness (QED) is 0.0423. The molecule has 0 N–H and O–H groups in total. The second-order valence-electron chi connectivity index (χ2n) is 20.4. The minimum Gasteiger partial charge on any atom is -0.0885 e. The van der Waals surface area contributed by atoms with Gasteiger partial charge >= 0.3 is 0 Å². The molecule has 0 radical (unpaired) electrons. The normalized spacial score (nSPS) is 11.8. The fraction of sp³-hybridized carbons (Fsp3) is 0.967. The Morgan fingerprint density at radius 2 is 0.233 bits per heavy atom. The van der Waals surface area contributed by atoms with Gasteiger partial charge in [0.2, 0.25) is 0 Å². The smallest absolute Gasteiger partial charge is 0.0351 e. The summed E-state index contributed by atoms with van der Waals surface area (Å²) in [6, 6.07) is 0. The molecule has 0 saturated heterocycles. The molecule has 0 aromatic heterocycles. The second-order valence-corrected chi connectivity index (χ2v) is 20.4. The average Bonchev–Trinajstić information content (AvgIpc) is 3.26. The summed E-state index contributed by atoms with van der Waals surface area (Å²) in [4.78, 5) is 0. The molecular formula is C60H120. The van der Waals surface area contributed by atoms with Crippen molar-refractivity contribution in [3.8, 4) is 0 Å². The highest BCUT2D eigenvalue weighted by Gasteiger charge is 1.99. The zero-order chi connectivity index (χ0) is 43.0. The molecule has 0 heteroatoms. The molecule has 60 heavy (non-hydrogen) atoms. The van der Waals surface area contributed by atoms with Crippen LogP contribution < -0.4 is 0 Å². The summed E-state index contributed by atoms with van der Waals surface area (Å²) in [6.07, 6.45) is 87.4. The summed E-state index contributed by atoms with van der Waals surface area (Å²) in [5.74, 6) is 0. The molecule has 0 rings (SSSR count). The molecule has 0 unspecified atom stereocenters. The van der Waals surface area contributed by atoms with E-state index in [9.17, 15) is 0 Å². The van der Waals surface area contributed by atoms with Crippen LogP contribution in [0.2, 0.25) is 0 Å². The Balaban J connectivity index is 3.09. The zero-order valence-corrected chi connectivity index (χ0v) is 42.8. The first-order valence-electron chi connectivity index (χ1n) is 29.6. The molecule has 0 atom stereocenters. The topological polar surface area (TPSA) is 0 Å². The Bertz CT molecular complexity index is 720. The Labute approximate surface area is 384 Å². The van der Waals surface area contributed by atoms with Crippen molar-refractivity contribution < 1.29 is 0 Å². The van der Waals surface area contributed by atoms with Crippen LogP contribution in [0.15, 0.2) is 12.2 Å². The first-order valence-corrected chi connectivity index (χ1v) is 29.6. The molecule has 0 saturated carbocycles. The van der Waals surface area contributed by atoms with Gasteiger partial charge < -0.3 is 0 Å². The maximum atomic E-state index is 2.48. The van der Waals surface area contributed by atoms with Crippen molar-refractivity contribution in [3.05, 3.63) is 12.2 Å². The molecule has 0 aliphatic heterocycles. The van der Waals surface area contributed by atoms with Crippen molar-refractivity contribution in [2.75, 3.05) is 0 Å². The van der Waals surface area contributed by atoms with Crippen LogP contribution in [0.4, 0.5) is 0 Å². The van der Waals surface area contributed by atoms with Gasteiger partial charge in [-0.2, -0.15) is 0 Å². The summed E-state index contributed by atoms with van der Waals surface area (Å²) in [6.45, 7) is 4.63. The fourth-order valence-electron chi connectivity index (χ4n) is 9.75. The molecule has 0 nitrogen and oxygen atoms in total. The van der Waals surface area contributed by atoms with Crippen LogP contribution in [0.25, 0.3) is 0 Å². The molecule has 0 spiro atoms. The lowest BCUT2D eigenvalue weighted by Crippen LogP contribution is -1.85. The number of rotatable bonds is 56. The van der Waals surface area contributed by atoms with Gasteiger partial charge in [-0.15, -0.1) is 0 Å². The van der Waals surface area contributed by atoms with E-state index in [2.05, 4.69) is 26.0 Å². The van der Waals surface area contributed by atoms with Crippen LogP contribution in [0.5, 0.6) is 0 Å². The Morgan fingerprint density at radius 3 is 0.350 bits per heavy atom. The predicted octanol–water partition coefficient (Wildman–Crippen LogP) is 23.4. The van der Waals surface area contributed by atoms with Crippen molar-refractivity contribution in [1.82, 2.24) is 0 Å². The Kier molecular flexibility index (Phi) is 58.5. The van der Waals surface area contributed by atoms with Crippen LogP contribution in [0.3, 0.4) is 0 Å². The molecular weight excluding hydrogens is 721 g/mol. The van der Waals surface area contributed by atoms with Crippen molar-refractivity contribution in [3.63, 3.8) is 0 Å². The monoisotopic (exact) mass is 841 g/mol. The van der Waals surface area contributed by atoms with Gasteiger partial charge in [-0.1, -0.05) is 360 Å². The molecule has 0 aliphatic carbocycles. The second kappa shape index (κ2) is 58.7. The lowest BCUT2D eigenvalue weighted by molar-refractivity contribution is 0.510. The Hall–Kier alpha value is -0.260. The van der Waals surface area contributed by atoms with E-state index in [-0.39, 0.29) is 0 Å². The van der Waals surface area contributed by atoms with E-state index in [0.717, 1.165) is 0 Å². The van der Waals surface area contributed by atoms with Crippen molar-refractivity contribution in [2.45, 2.75) is 373 Å². The molecule has 0 aromatic rings. The number of unbranched alkanes of at least 4 members (excludes halogenated alkanes) is 54. The van der Waals surface area contributed by atoms with Gasteiger partial charge in [0.1, 0.15) is 0 Å². The van der Waals surface area contributed by atoms with E-state index in [1.165, 1.54) is 360 Å².